The summed E-state index contributed by atoms with van der Waals surface area (Å²) in [5.74, 6) is 1.53. The smallest absolute Gasteiger partial charge is 0.232 e. The van der Waals surface area contributed by atoms with Crippen LogP contribution in [0, 0.1) is 18.8 Å². The highest BCUT2D eigenvalue weighted by molar-refractivity contribution is 6.76. The Bertz CT molecular complexity index is 1150. The fourth-order valence-electron chi connectivity index (χ4n) is 4.84. The number of carbonyl (C=O) groups excluding carboxylic acids is 1. The minimum atomic E-state index is -1.17. The maximum atomic E-state index is 13.6. The molecule has 1 amide bonds. The average molecular weight is 475 g/mol. The largest absolute Gasteiger partial charge is 0.359 e. The zero-order valence-electron chi connectivity index (χ0n) is 20.6. The highest BCUT2D eigenvalue weighted by Crippen LogP contribution is 2.52. The lowest BCUT2D eigenvalue weighted by Crippen LogP contribution is -2.34. The van der Waals surface area contributed by atoms with E-state index in [-0.39, 0.29) is 17.9 Å². The first-order valence-electron chi connectivity index (χ1n) is 12.2. The van der Waals surface area contributed by atoms with Crippen molar-refractivity contribution in [1.82, 2.24) is 14.8 Å². The van der Waals surface area contributed by atoms with Gasteiger partial charge < -0.3 is 4.74 Å². The van der Waals surface area contributed by atoms with Gasteiger partial charge in [-0.2, -0.15) is 5.10 Å². The fraction of sp³-hybridized carbons (Fsp3) is 0.444. The molecule has 3 atom stereocenters. The van der Waals surface area contributed by atoms with Crippen LogP contribution in [0.4, 0.5) is 5.82 Å². The van der Waals surface area contributed by atoms with Crippen molar-refractivity contribution in [1.29, 1.82) is 0 Å². The molecule has 1 saturated heterocycles. The second-order valence-corrected chi connectivity index (χ2v) is 16.6. The molecule has 0 spiro atoms. The zero-order valence-corrected chi connectivity index (χ0v) is 21.6. The minimum absolute atomic E-state index is 0.0354. The maximum Gasteiger partial charge on any atom is 0.232 e. The van der Waals surface area contributed by atoms with Crippen molar-refractivity contribution >= 4 is 19.8 Å². The van der Waals surface area contributed by atoms with E-state index >= 15 is 0 Å². The molecule has 3 heterocycles. The standard InChI is InChI=1S/C27H34N4O2Si/c1-19-5-7-20(8-6-19)15-23-22-16-25(22)31(27(23)32)26-17-24(21-9-11-28-12-10-21)29-30(26)18-33-13-14-34(2,3)4/h5-12,17,22-23,25H,13-16,18H2,1-4H3. The van der Waals surface area contributed by atoms with Gasteiger partial charge in [-0.25, -0.2) is 4.68 Å². The summed E-state index contributed by atoms with van der Waals surface area (Å²) in [5.41, 5.74) is 4.32. The number of aromatic nitrogens is 3. The molecule has 5 rings (SSSR count). The van der Waals surface area contributed by atoms with Crippen molar-refractivity contribution < 1.29 is 9.53 Å². The lowest BCUT2D eigenvalue weighted by Gasteiger charge is -2.22. The Kier molecular flexibility index (Phi) is 6.16. The molecule has 0 N–H and O–H groups in total. The van der Waals surface area contributed by atoms with Crippen molar-refractivity contribution in [2.75, 3.05) is 11.5 Å². The van der Waals surface area contributed by atoms with E-state index in [1.165, 1.54) is 11.1 Å². The second-order valence-electron chi connectivity index (χ2n) is 10.9. The number of carbonyl (C=O) groups is 1. The van der Waals surface area contributed by atoms with Gasteiger partial charge in [0.05, 0.1) is 5.69 Å². The molecule has 2 fully saturated rings. The van der Waals surface area contributed by atoms with E-state index in [4.69, 9.17) is 9.84 Å². The molecule has 178 valence electrons. The first-order chi connectivity index (χ1) is 16.3. The van der Waals surface area contributed by atoms with Gasteiger partial charge in [0, 0.05) is 50.7 Å². The van der Waals surface area contributed by atoms with Crippen LogP contribution >= 0.6 is 0 Å². The number of hydrogen-bond acceptors (Lipinski definition) is 4. The summed E-state index contributed by atoms with van der Waals surface area (Å²) < 4.78 is 7.92. The lowest BCUT2D eigenvalue weighted by molar-refractivity contribution is -0.121. The number of amides is 1. The van der Waals surface area contributed by atoms with Crippen LogP contribution in [0.1, 0.15) is 17.5 Å². The predicted molar refractivity (Wildman–Crippen MR) is 137 cm³/mol. The van der Waals surface area contributed by atoms with Gasteiger partial charge in [0.1, 0.15) is 12.5 Å². The third-order valence-electron chi connectivity index (χ3n) is 6.98. The molecule has 6 nitrogen and oxygen atoms in total. The molecule has 2 aromatic heterocycles. The molecule has 34 heavy (non-hydrogen) atoms. The van der Waals surface area contributed by atoms with Crippen molar-refractivity contribution in [2.45, 2.75) is 58.2 Å². The van der Waals surface area contributed by atoms with Crippen LogP contribution < -0.4 is 4.90 Å². The predicted octanol–water partition coefficient (Wildman–Crippen LogP) is 5.16. The molecule has 2 aliphatic rings. The number of rotatable bonds is 9. The van der Waals surface area contributed by atoms with Gasteiger partial charge in [0.2, 0.25) is 5.91 Å². The Morgan fingerprint density at radius 2 is 1.82 bits per heavy atom. The number of fused-ring (bicyclic) bond motifs is 1. The van der Waals surface area contributed by atoms with Crippen molar-refractivity contribution in [3.8, 4) is 11.3 Å². The molecular weight excluding hydrogens is 440 g/mol. The number of ether oxygens (including phenoxy) is 1. The number of benzene rings is 1. The molecule has 1 aliphatic heterocycles. The lowest BCUT2D eigenvalue weighted by atomic mass is 9.95. The third kappa shape index (κ3) is 4.86. The van der Waals surface area contributed by atoms with Crippen molar-refractivity contribution in [3.63, 3.8) is 0 Å². The fourth-order valence-corrected chi connectivity index (χ4v) is 5.60. The Hall–Kier alpha value is -2.77. The molecular formula is C27H34N4O2Si. The molecule has 0 bridgehead atoms. The molecule has 3 unspecified atom stereocenters. The van der Waals surface area contributed by atoms with Gasteiger partial charge in [-0.15, -0.1) is 0 Å². The highest BCUT2D eigenvalue weighted by atomic mass is 28.3. The number of anilines is 1. The monoisotopic (exact) mass is 474 g/mol. The van der Waals surface area contributed by atoms with Gasteiger partial charge >= 0.3 is 0 Å². The summed E-state index contributed by atoms with van der Waals surface area (Å²) in [7, 11) is -1.17. The summed E-state index contributed by atoms with van der Waals surface area (Å²) in [5, 5.41) is 4.85. The average Bonchev–Trinajstić information content (AvgIpc) is 3.38. The maximum absolute atomic E-state index is 13.6. The van der Waals surface area contributed by atoms with Gasteiger partial charge in [-0.1, -0.05) is 49.5 Å². The molecule has 0 radical (unpaired) electrons. The topological polar surface area (TPSA) is 60.2 Å². The van der Waals surface area contributed by atoms with E-state index in [1.54, 1.807) is 12.4 Å². The van der Waals surface area contributed by atoms with E-state index in [0.717, 1.165) is 42.6 Å². The minimum Gasteiger partial charge on any atom is -0.359 e. The summed E-state index contributed by atoms with van der Waals surface area (Å²) in [6.07, 6.45) is 5.41. The first-order valence-corrected chi connectivity index (χ1v) is 16.0. The molecule has 1 aliphatic carbocycles. The number of aryl methyl sites for hydroxylation is 1. The Morgan fingerprint density at radius 1 is 1.09 bits per heavy atom. The zero-order chi connectivity index (χ0) is 23.9. The molecule has 1 aromatic carbocycles. The Labute approximate surface area is 203 Å². The second kappa shape index (κ2) is 9.11. The van der Waals surface area contributed by atoms with E-state index < -0.39 is 8.07 Å². The van der Waals surface area contributed by atoms with E-state index in [9.17, 15) is 4.79 Å². The summed E-state index contributed by atoms with van der Waals surface area (Å²) in [6, 6.07) is 15.9. The van der Waals surface area contributed by atoms with E-state index in [2.05, 4.69) is 55.8 Å². The molecule has 1 saturated carbocycles. The van der Waals surface area contributed by atoms with Crippen LogP contribution in [0.3, 0.4) is 0 Å². The summed E-state index contributed by atoms with van der Waals surface area (Å²) in [6.45, 7) is 10.2. The van der Waals surface area contributed by atoms with Crippen LogP contribution in [-0.2, 0) is 22.7 Å². The highest BCUT2D eigenvalue weighted by Gasteiger charge is 2.59. The van der Waals surface area contributed by atoms with E-state index in [0.29, 0.717) is 12.6 Å². The van der Waals surface area contributed by atoms with Gasteiger partial charge in [-0.3, -0.25) is 14.7 Å². The number of nitrogens with zero attached hydrogens (tertiary/aromatic N) is 4. The van der Waals surface area contributed by atoms with Gasteiger partial charge in [-0.05, 0) is 49.4 Å². The number of pyridine rings is 1. The van der Waals surface area contributed by atoms with Crippen LogP contribution in [0.2, 0.25) is 25.7 Å². The van der Waals surface area contributed by atoms with Crippen LogP contribution in [0.15, 0.2) is 54.9 Å². The van der Waals surface area contributed by atoms with Crippen molar-refractivity contribution in [3.05, 3.63) is 66.0 Å². The Morgan fingerprint density at radius 3 is 2.53 bits per heavy atom. The van der Waals surface area contributed by atoms with Crippen LogP contribution in [0.25, 0.3) is 11.3 Å². The molecule has 3 aromatic rings. The van der Waals surface area contributed by atoms with Gasteiger partial charge in [0.15, 0.2) is 0 Å². The number of piperidine rings is 1. The summed E-state index contributed by atoms with van der Waals surface area (Å²) in [4.78, 5) is 19.7. The van der Waals surface area contributed by atoms with E-state index in [1.807, 2.05) is 27.8 Å². The third-order valence-corrected chi connectivity index (χ3v) is 8.68. The number of hydrogen-bond donors (Lipinski definition) is 0. The van der Waals surface area contributed by atoms with Crippen LogP contribution in [0.5, 0.6) is 0 Å². The normalized spacial score (nSPS) is 21.7. The Balaban J connectivity index is 1.38. The van der Waals surface area contributed by atoms with Crippen molar-refractivity contribution in [2.24, 2.45) is 11.8 Å². The SMILES string of the molecule is Cc1ccc(CC2C(=O)N(c3cc(-c4ccncc4)nn3COCC[Si](C)(C)C)C3CC23)cc1. The summed E-state index contributed by atoms with van der Waals surface area (Å²) >= 11 is 0. The van der Waals surface area contributed by atoms with Crippen LogP contribution in [-0.4, -0.2) is 41.4 Å². The molecule has 7 heteroatoms. The quantitative estimate of drug-likeness (QED) is 0.317. The first kappa shape index (κ1) is 23.0. The van der Waals surface area contributed by atoms with Gasteiger partial charge in [0.25, 0.3) is 0 Å².